The third-order valence-corrected chi connectivity index (χ3v) is 4.12. The van der Waals surface area contributed by atoms with E-state index >= 15 is 0 Å². The van der Waals surface area contributed by atoms with E-state index in [0.29, 0.717) is 24.5 Å². The standard InChI is InChI=1S/C13H19N3O2/c17-12-6-5-11(15-16-12)13(18)14-7-10(8-1-2-8)9-3-4-9/h8-10H,1-7H2,(H,14,18)(H,16,17). The van der Waals surface area contributed by atoms with E-state index in [1.54, 1.807) is 0 Å². The first-order valence-corrected chi connectivity index (χ1v) is 6.87. The highest BCUT2D eigenvalue weighted by Gasteiger charge is 2.41. The molecule has 5 heteroatoms. The van der Waals surface area contributed by atoms with Crippen LogP contribution < -0.4 is 10.7 Å². The van der Waals surface area contributed by atoms with Crippen LogP contribution in [0.2, 0.25) is 0 Å². The SMILES string of the molecule is O=C1CCC(C(=O)NCC(C2CC2)C2CC2)=NN1. The van der Waals surface area contributed by atoms with Crippen molar-refractivity contribution in [1.29, 1.82) is 0 Å². The van der Waals surface area contributed by atoms with Gasteiger partial charge < -0.3 is 5.32 Å². The fourth-order valence-electron chi connectivity index (χ4n) is 2.72. The Balaban J connectivity index is 1.49. The second-order valence-electron chi connectivity index (χ2n) is 5.64. The van der Waals surface area contributed by atoms with E-state index in [0.717, 1.165) is 18.4 Å². The predicted octanol–water partition coefficient (Wildman–Crippen LogP) is 0.805. The Hall–Kier alpha value is -1.39. The Morgan fingerprint density at radius 3 is 2.44 bits per heavy atom. The minimum absolute atomic E-state index is 0.110. The molecule has 2 fully saturated rings. The van der Waals surface area contributed by atoms with Gasteiger partial charge in [-0.25, -0.2) is 5.43 Å². The van der Waals surface area contributed by atoms with E-state index in [1.807, 2.05) is 0 Å². The highest BCUT2D eigenvalue weighted by molar-refractivity contribution is 6.39. The van der Waals surface area contributed by atoms with Crippen LogP contribution in [-0.2, 0) is 9.59 Å². The molecule has 0 unspecified atom stereocenters. The van der Waals surface area contributed by atoms with E-state index in [4.69, 9.17) is 0 Å². The maximum atomic E-state index is 11.9. The second kappa shape index (κ2) is 4.71. The largest absolute Gasteiger partial charge is 0.351 e. The van der Waals surface area contributed by atoms with Gasteiger partial charge in [0, 0.05) is 19.4 Å². The minimum Gasteiger partial charge on any atom is -0.351 e. The highest BCUT2D eigenvalue weighted by Crippen LogP contribution is 2.48. The van der Waals surface area contributed by atoms with Gasteiger partial charge in [0.05, 0.1) is 0 Å². The minimum atomic E-state index is -0.111. The number of hydrogen-bond acceptors (Lipinski definition) is 3. The average molecular weight is 249 g/mol. The van der Waals surface area contributed by atoms with Crippen molar-refractivity contribution in [2.45, 2.75) is 38.5 Å². The quantitative estimate of drug-likeness (QED) is 0.756. The van der Waals surface area contributed by atoms with Crippen molar-refractivity contribution in [2.75, 3.05) is 6.54 Å². The van der Waals surface area contributed by atoms with Crippen LogP contribution in [0.1, 0.15) is 38.5 Å². The van der Waals surface area contributed by atoms with Gasteiger partial charge in [-0.3, -0.25) is 9.59 Å². The molecule has 0 aromatic rings. The molecule has 1 aliphatic heterocycles. The van der Waals surface area contributed by atoms with Crippen molar-refractivity contribution in [2.24, 2.45) is 22.9 Å². The average Bonchev–Trinajstić information content (AvgIpc) is 3.24. The monoisotopic (exact) mass is 249 g/mol. The molecular formula is C13H19N3O2. The molecule has 5 nitrogen and oxygen atoms in total. The third-order valence-electron chi connectivity index (χ3n) is 4.12. The van der Waals surface area contributed by atoms with E-state index < -0.39 is 0 Å². The van der Waals surface area contributed by atoms with Crippen LogP contribution in [0.3, 0.4) is 0 Å². The number of hydrogen-bond donors (Lipinski definition) is 2. The summed E-state index contributed by atoms with van der Waals surface area (Å²) in [6.07, 6.45) is 6.13. The lowest BCUT2D eigenvalue weighted by Crippen LogP contribution is -2.39. The first-order chi connectivity index (χ1) is 8.74. The van der Waals surface area contributed by atoms with Gasteiger partial charge in [0.15, 0.2) is 0 Å². The van der Waals surface area contributed by atoms with Gasteiger partial charge in [0.25, 0.3) is 5.91 Å². The van der Waals surface area contributed by atoms with E-state index in [-0.39, 0.29) is 11.8 Å². The van der Waals surface area contributed by atoms with Crippen molar-refractivity contribution >= 4 is 17.5 Å². The van der Waals surface area contributed by atoms with Crippen molar-refractivity contribution in [3.8, 4) is 0 Å². The molecule has 2 N–H and O–H groups in total. The number of amides is 2. The maximum absolute atomic E-state index is 11.9. The first kappa shape index (κ1) is 11.7. The Morgan fingerprint density at radius 1 is 1.28 bits per heavy atom. The topological polar surface area (TPSA) is 70.6 Å². The van der Waals surface area contributed by atoms with Crippen molar-refractivity contribution in [3.05, 3.63) is 0 Å². The molecule has 98 valence electrons. The smallest absolute Gasteiger partial charge is 0.267 e. The summed E-state index contributed by atoms with van der Waals surface area (Å²) in [6.45, 7) is 0.779. The zero-order chi connectivity index (χ0) is 12.5. The fraction of sp³-hybridized carbons (Fsp3) is 0.769. The lowest BCUT2D eigenvalue weighted by atomic mass is 9.98. The number of rotatable bonds is 5. The van der Waals surface area contributed by atoms with Gasteiger partial charge in [-0.15, -0.1) is 0 Å². The molecular weight excluding hydrogens is 230 g/mol. The molecule has 0 radical (unpaired) electrons. The third kappa shape index (κ3) is 2.71. The predicted molar refractivity (Wildman–Crippen MR) is 66.8 cm³/mol. The number of nitrogens with zero attached hydrogens (tertiary/aromatic N) is 1. The zero-order valence-corrected chi connectivity index (χ0v) is 10.4. The molecule has 0 saturated heterocycles. The van der Waals surface area contributed by atoms with E-state index in [1.165, 1.54) is 25.7 Å². The van der Waals surface area contributed by atoms with Crippen LogP contribution in [0.4, 0.5) is 0 Å². The molecule has 0 aromatic heterocycles. The summed E-state index contributed by atoms with van der Waals surface area (Å²) in [4.78, 5) is 22.8. The molecule has 0 spiro atoms. The normalized spacial score (nSPS) is 23.6. The highest BCUT2D eigenvalue weighted by atomic mass is 16.2. The van der Waals surface area contributed by atoms with Crippen LogP contribution in [0, 0.1) is 17.8 Å². The van der Waals surface area contributed by atoms with Crippen LogP contribution >= 0.6 is 0 Å². The van der Waals surface area contributed by atoms with Crippen molar-refractivity contribution in [1.82, 2.24) is 10.7 Å². The van der Waals surface area contributed by atoms with Gasteiger partial charge in [-0.1, -0.05) is 0 Å². The molecule has 18 heavy (non-hydrogen) atoms. The summed E-state index contributed by atoms with van der Waals surface area (Å²) >= 11 is 0. The van der Waals surface area contributed by atoms with Gasteiger partial charge >= 0.3 is 0 Å². The fourth-order valence-corrected chi connectivity index (χ4v) is 2.72. The van der Waals surface area contributed by atoms with Crippen LogP contribution in [0.25, 0.3) is 0 Å². The van der Waals surface area contributed by atoms with Gasteiger partial charge in [0.2, 0.25) is 5.91 Å². The van der Waals surface area contributed by atoms with E-state index in [9.17, 15) is 9.59 Å². The van der Waals surface area contributed by atoms with Gasteiger partial charge in [-0.2, -0.15) is 5.10 Å². The number of nitrogens with one attached hydrogen (secondary N) is 2. The Bertz CT molecular complexity index is 385. The molecule has 2 aliphatic carbocycles. The molecule has 3 aliphatic rings. The number of carbonyl (C=O) groups is 2. The Kier molecular flexibility index (Phi) is 3.06. The molecule has 0 aromatic carbocycles. The van der Waals surface area contributed by atoms with Gasteiger partial charge in [-0.05, 0) is 43.4 Å². The van der Waals surface area contributed by atoms with Crippen molar-refractivity contribution in [3.63, 3.8) is 0 Å². The lowest BCUT2D eigenvalue weighted by Gasteiger charge is -2.17. The summed E-state index contributed by atoms with van der Waals surface area (Å²) < 4.78 is 0. The summed E-state index contributed by atoms with van der Waals surface area (Å²) in [7, 11) is 0. The molecule has 0 bridgehead atoms. The lowest BCUT2D eigenvalue weighted by molar-refractivity contribution is -0.121. The second-order valence-corrected chi connectivity index (χ2v) is 5.64. The molecule has 1 heterocycles. The molecule has 3 rings (SSSR count). The summed E-state index contributed by atoms with van der Waals surface area (Å²) in [6, 6.07) is 0. The Morgan fingerprint density at radius 2 is 1.94 bits per heavy atom. The number of carbonyl (C=O) groups excluding carboxylic acids is 2. The van der Waals surface area contributed by atoms with Crippen LogP contribution in [0.15, 0.2) is 5.10 Å². The zero-order valence-electron chi connectivity index (χ0n) is 10.4. The van der Waals surface area contributed by atoms with E-state index in [2.05, 4.69) is 15.8 Å². The summed E-state index contributed by atoms with van der Waals surface area (Å²) in [5.74, 6) is 2.13. The van der Waals surface area contributed by atoms with Crippen LogP contribution in [0.5, 0.6) is 0 Å². The van der Waals surface area contributed by atoms with Crippen LogP contribution in [-0.4, -0.2) is 24.1 Å². The maximum Gasteiger partial charge on any atom is 0.267 e. The number of hydrazone groups is 1. The summed E-state index contributed by atoms with van der Waals surface area (Å²) in [5.41, 5.74) is 2.82. The molecule has 2 amide bonds. The summed E-state index contributed by atoms with van der Waals surface area (Å²) in [5, 5.41) is 6.80. The Labute approximate surface area is 106 Å². The molecule has 2 saturated carbocycles. The molecule has 0 atom stereocenters. The van der Waals surface area contributed by atoms with Crippen molar-refractivity contribution < 1.29 is 9.59 Å². The van der Waals surface area contributed by atoms with Gasteiger partial charge in [0.1, 0.15) is 5.71 Å². The first-order valence-electron chi connectivity index (χ1n) is 6.87.